The van der Waals surface area contributed by atoms with Gasteiger partial charge in [0.05, 0.1) is 15.9 Å². The summed E-state index contributed by atoms with van der Waals surface area (Å²) in [6.07, 6.45) is 4.09. The summed E-state index contributed by atoms with van der Waals surface area (Å²) in [7, 11) is 0. The van der Waals surface area contributed by atoms with Crippen molar-refractivity contribution in [2.75, 3.05) is 0 Å². The topological polar surface area (TPSA) is 57.4 Å². The maximum Gasteiger partial charge on any atom is 0.171 e. The van der Waals surface area contributed by atoms with Gasteiger partial charge in [0.2, 0.25) is 0 Å². The Hall–Kier alpha value is -3.75. The molecule has 0 saturated carbocycles. The van der Waals surface area contributed by atoms with Crippen LogP contribution in [0.3, 0.4) is 0 Å². The fourth-order valence-electron chi connectivity index (χ4n) is 3.80. The number of nitriles is 1. The number of H-pyrrole nitrogens is 1. The number of nitrogens with zero attached hydrogens (tertiary/aromatic N) is 3. The van der Waals surface area contributed by atoms with Crippen LogP contribution < -0.4 is 0 Å². The lowest BCUT2D eigenvalue weighted by Gasteiger charge is -2.08. The number of nitrogens with one attached hydrogen (secondary N) is 1. The summed E-state index contributed by atoms with van der Waals surface area (Å²) in [4.78, 5) is 8.46. The summed E-state index contributed by atoms with van der Waals surface area (Å²) < 4.78 is 2.25. The average molecular weight is 421 g/mol. The van der Waals surface area contributed by atoms with E-state index in [-0.39, 0.29) is 0 Å². The van der Waals surface area contributed by atoms with E-state index < -0.39 is 0 Å². The van der Waals surface area contributed by atoms with Crippen molar-refractivity contribution in [3.05, 3.63) is 101 Å². The molecule has 0 saturated heterocycles. The number of imidazole rings is 1. The zero-order valence-electron chi connectivity index (χ0n) is 17.0. The van der Waals surface area contributed by atoms with Gasteiger partial charge in [-0.2, -0.15) is 5.26 Å². The molecule has 0 amide bonds. The molecule has 0 unspecified atom stereocenters. The van der Waals surface area contributed by atoms with Crippen LogP contribution in [-0.4, -0.2) is 14.5 Å². The summed E-state index contributed by atoms with van der Waals surface area (Å²) in [5.74, 6) is 0. The van der Waals surface area contributed by atoms with Gasteiger partial charge in [-0.1, -0.05) is 54.6 Å². The molecule has 2 heterocycles. The van der Waals surface area contributed by atoms with Crippen LogP contribution in [0.15, 0.2) is 89.1 Å². The summed E-state index contributed by atoms with van der Waals surface area (Å²) in [5, 5.41) is 11.6. The zero-order chi connectivity index (χ0) is 21.2. The van der Waals surface area contributed by atoms with Crippen LogP contribution in [0.4, 0.5) is 0 Å². The third-order valence-corrected chi connectivity index (χ3v) is 6.21. The highest BCUT2D eigenvalue weighted by Crippen LogP contribution is 2.30. The number of thioether (sulfide) groups is 1. The fraction of sp³-hybridized carbons (Fsp3) is 0.0769. The summed E-state index contributed by atoms with van der Waals surface area (Å²) in [6.45, 7) is 2.93. The summed E-state index contributed by atoms with van der Waals surface area (Å²) in [6, 6.07) is 27.0. The lowest BCUT2D eigenvalue weighted by atomic mass is 10.1. The fourth-order valence-corrected chi connectivity index (χ4v) is 4.54. The molecule has 3 aromatic carbocycles. The molecular weight excluding hydrogens is 400 g/mol. The number of aryl methyl sites for hydroxylation is 1. The number of benzene rings is 3. The van der Waals surface area contributed by atoms with Crippen LogP contribution in [0.2, 0.25) is 0 Å². The van der Waals surface area contributed by atoms with E-state index in [1.807, 2.05) is 36.4 Å². The molecule has 5 rings (SSSR count). The summed E-state index contributed by atoms with van der Waals surface area (Å²) in [5.41, 5.74) is 6.62. The standard InChI is InChI=1S/C26H20N4S/c1-18-8-2-3-9-19(18)16-30-17-20(22-10-4-7-13-25(22)30)14-21(15-27)31-26-28-23-11-5-6-12-24(23)29-26/h2-14,17H,16H2,1H3,(H,28,29)/b21-14+. The van der Waals surface area contributed by atoms with Crippen LogP contribution in [0.1, 0.15) is 16.7 Å². The largest absolute Gasteiger partial charge is 0.342 e. The molecule has 4 nitrogen and oxygen atoms in total. The number of rotatable bonds is 5. The number of allylic oxidation sites excluding steroid dienone is 1. The molecule has 0 aliphatic rings. The van der Waals surface area contributed by atoms with Crippen LogP contribution in [0.5, 0.6) is 0 Å². The Morgan fingerprint density at radius 2 is 1.84 bits per heavy atom. The highest BCUT2D eigenvalue weighted by atomic mass is 32.2. The molecule has 0 aliphatic carbocycles. The van der Waals surface area contributed by atoms with E-state index in [0.717, 1.165) is 39.2 Å². The smallest absolute Gasteiger partial charge is 0.171 e. The Kier molecular flexibility index (Phi) is 5.07. The minimum Gasteiger partial charge on any atom is -0.342 e. The first-order chi connectivity index (χ1) is 15.2. The quantitative estimate of drug-likeness (QED) is 0.260. The van der Waals surface area contributed by atoms with Gasteiger partial charge in [0.25, 0.3) is 0 Å². The van der Waals surface area contributed by atoms with Gasteiger partial charge < -0.3 is 9.55 Å². The first-order valence-electron chi connectivity index (χ1n) is 10.1. The molecule has 150 valence electrons. The van der Waals surface area contributed by atoms with Gasteiger partial charge in [-0.3, -0.25) is 0 Å². The number of hydrogen-bond donors (Lipinski definition) is 1. The second-order valence-corrected chi connectivity index (χ2v) is 8.47. The molecule has 0 bridgehead atoms. The lowest BCUT2D eigenvalue weighted by Crippen LogP contribution is -1.99. The first kappa shape index (κ1) is 19.2. The van der Waals surface area contributed by atoms with Crippen LogP contribution in [-0.2, 0) is 6.54 Å². The Balaban J connectivity index is 1.52. The molecular formula is C26H20N4S. The SMILES string of the molecule is Cc1ccccc1Cn1cc(/C=C(\C#N)Sc2nc3ccccc3[nH]2)c2ccccc21. The maximum atomic E-state index is 9.79. The van der Waals surface area contributed by atoms with Gasteiger partial charge in [0, 0.05) is 29.2 Å². The van der Waals surface area contributed by atoms with E-state index in [0.29, 0.717) is 4.91 Å². The van der Waals surface area contributed by atoms with Crippen molar-refractivity contribution in [2.24, 2.45) is 0 Å². The van der Waals surface area contributed by atoms with Crippen molar-refractivity contribution in [1.29, 1.82) is 5.26 Å². The molecule has 0 atom stereocenters. The molecule has 1 N–H and O–H groups in total. The molecule has 0 spiro atoms. The van der Waals surface area contributed by atoms with E-state index in [1.165, 1.54) is 22.9 Å². The van der Waals surface area contributed by atoms with Gasteiger partial charge in [0.1, 0.15) is 6.07 Å². The minimum atomic E-state index is 0.595. The van der Waals surface area contributed by atoms with Crippen LogP contribution in [0, 0.1) is 18.3 Å². The molecule has 5 heteroatoms. The van der Waals surface area contributed by atoms with Gasteiger partial charge in [0.15, 0.2) is 5.16 Å². The van der Waals surface area contributed by atoms with E-state index in [1.54, 1.807) is 0 Å². The second-order valence-electron chi connectivity index (χ2n) is 7.44. The van der Waals surface area contributed by atoms with Crippen molar-refractivity contribution < 1.29 is 0 Å². The van der Waals surface area contributed by atoms with Gasteiger partial charge in [-0.25, -0.2) is 4.98 Å². The Bertz CT molecular complexity index is 1430. The molecule has 0 fully saturated rings. The average Bonchev–Trinajstić information content (AvgIpc) is 3.36. The van der Waals surface area contributed by atoms with Crippen molar-refractivity contribution >= 4 is 39.8 Å². The third-order valence-electron chi connectivity index (χ3n) is 5.39. The highest BCUT2D eigenvalue weighted by Gasteiger charge is 2.11. The highest BCUT2D eigenvalue weighted by molar-refractivity contribution is 8.03. The maximum absolute atomic E-state index is 9.79. The molecule has 0 aliphatic heterocycles. The number of aromatic nitrogens is 3. The Morgan fingerprint density at radius 3 is 2.68 bits per heavy atom. The van der Waals surface area contributed by atoms with Crippen LogP contribution >= 0.6 is 11.8 Å². The first-order valence-corrected chi connectivity index (χ1v) is 10.9. The predicted octanol–water partition coefficient (Wildman–Crippen LogP) is 6.53. The molecule has 31 heavy (non-hydrogen) atoms. The molecule has 5 aromatic rings. The van der Waals surface area contributed by atoms with Gasteiger partial charge >= 0.3 is 0 Å². The Labute approximate surface area is 184 Å². The van der Waals surface area contributed by atoms with Gasteiger partial charge in [-0.05, 0) is 54.1 Å². The van der Waals surface area contributed by atoms with Gasteiger partial charge in [-0.15, -0.1) is 0 Å². The van der Waals surface area contributed by atoms with Crippen molar-refractivity contribution in [1.82, 2.24) is 14.5 Å². The normalized spacial score (nSPS) is 11.8. The zero-order valence-corrected chi connectivity index (χ0v) is 17.9. The molecule has 0 radical (unpaired) electrons. The van der Waals surface area contributed by atoms with E-state index >= 15 is 0 Å². The van der Waals surface area contributed by atoms with Crippen molar-refractivity contribution in [3.63, 3.8) is 0 Å². The van der Waals surface area contributed by atoms with E-state index in [9.17, 15) is 5.26 Å². The number of para-hydroxylation sites is 3. The van der Waals surface area contributed by atoms with Crippen molar-refractivity contribution in [3.8, 4) is 6.07 Å². The third kappa shape index (κ3) is 3.86. The van der Waals surface area contributed by atoms with E-state index in [4.69, 9.17) is 0 Å². The number of fused-ring (bicyclic) bond motifs is 2. The van der Waals surface area contributed by atoms with Crippen molar-refractivity contribution in [2.45, 2.75) is 18.6 Å². The number of hydrogen-bond acceptors (Lipinski definition) is 3. The predicted molar refractivity (Wildman–Crippen MR) is 128 cm³/mol. The van der Waals surface area contributed by atoms with E-state index in [2.05, 4.69) is 76.2 Å². The molecule has 2 aromatic heterocycles. The lowest BCUT2D eigenvalue weighted by molar-refractivity contribution is 0.830. The number of aromatic amines is 1. The monoisotopic (exact) mass is 420 g/mol. The summed E-state index contributed by atoms with van der Waals surface area (Å²) >= 11 is 1.36. The van der Waals surface area contributed by atoms with Crippen LogP contribution in [0.25, 0.3) is 28.0 Å². The minimum absolute atomic E-state index is 0.595. The Morgan fingerprint density at radius 1 is 1.06 bits per heavy atom. The second kappa shape index (κ2) is 8.17.